The highest BCUT2D eigenvalue weighted by Crippen LogP contribution is 2.22. The normalized spacial score (nSPS) is 12.9. The minimum atomic E-state index is 0.0465. The Bertz CT molecular complexity index is 474. The van der Waals surface area contributed by atoms with Crippen molar-refractivity contribution in [3.05, 3.63) is 41.6 Å². The molecule has 3 N–H and O–H groups in total. The fourth-order valence-electron chi connectivity index (χ4n) is 1.94. The van der Waals surface area contributed by atoms with Crippen LogP contribution in [-0.4, -0.2) is 9.78 Å². The molecular weight excluding hydrogens is 216 g/mol. The van der Waals surface area contributed by atoms with Crippen molar-refractivity contribution in [3.8, 4) is 0 Å². The predicted octanol–water partition coefficient (Wildman–Crippen LogP) is 1.46. The van der Waals surface area contributed by atoms with Crippen LogP contribution in [-0.2, 0) is 13.5 Å². The third-order valence-electron chi connectivity index (χ3n) is 2.90. The first kappa shape index (κ1) is 11.9. The van der Waals surface area contributed by atoms with E-state index in [9.17, 15) is 0 Å². The molecule has 0 aliphatic carbocycles. The van der Waals surface area contributed by atoms with Gasteiger partial charge in [-0.3, -0.25) is 10.5 Å². The highest BCUT2D eigenvalue weighted by Gasteiger charge is 2.15. The molecule has 0 saturated heterocycles. The van der Waals surface area contributed by atoms with E-state index in [2.05, 4.69) is 10.5 Å². The molecular formula is C12H18N4O. The van der Waals surface area contributed by atoms with E-state index in [1.807, 2.05) is 32.4 Å². The van der Waals surface area contributed by atoms with Gasteiger partial charge in [-0.25, -0.2) is 5.43 Å². The second kappa shape index (κ2) is 5.16. The topological polar surface area (TPSA) is 69.0 Å². The zero-order chi connectivity index (χ0) is 12.3. The standard InChI is InChI=1S/C12H18N4O/c1-9-5-6-17-12(9)11(15-13)4-3-10-7-14-16(2)8-10/h5-8,11,15H,3-4,13H2,1-2H3. The molecule has 2 heterocycles. The van der Waals surface area contributed by atoms with Gasteiger partial charge in [0.25, 0.3) is 0 Å². The Morgan fingerprint density at radius 1 is 1.59 bits per heavy atom. The van der Waals surface area contributed by atoms with E-state index < -0.39 is 0 Å². The van der Waals surface area contributed by atoms with Gasteiger partial charge >= 0.3 is 0 Å². The van der Waals surface area contributed by atoms with Gasteiger partial charge in [-0.2, -0.15) is 5.10 Å². The fraction of sp³-hybridized carbons (Fsp3) is 0.417. The lowest BCUT2D eigenvalue weighted by Crippen LogP contribution is -2.28. The average molecular weight is 234 g/mol. The first-order chi connectivity index (χ1) is 8.20. The zero-order valence-corrected chi connectivity index (χ0v) is 10.2. The average Bonchev–Trinajstić information content (AvgIpc) is 2.90. The van der Waals surface area contributed by atoms with E-state index in [0.717, 1.165) is 24.2 Å². The van der Waals surface area contributed by atoms with Crippen LogP contribution in [0.25, 0.3) is 0 Å². The van der Waals surface area contributed by atoms with E-state index in [4.69, 9.17) is 10.3 Å². The Balaban J connectivity index is 1.99. The quantitative estimate of drug-likeness (QED) is 0.607. The molecule has 0 aromatic carbocycles. The van der Waals surface area contributed by atoms with Crippen molar-refractivity contribution in [1.82, 2.24) is 15.2 Å². The third-order valence-corrected chi connectivity index (χ3v) is 2.90. The molecule has 5 heteroatoms. The summed E-state index contributed by atoms with van der Waals surface area (Å²) in [5, 5.41) is 4.14. The van der Waals surface area contributed by atoms with Crippen LogP contribution in [0.3, 0.4) is 0 Å². The summed E-state index contributed by atoms with van der Waals surface area (Å²) in [4.78, 5) is 0. The maximum absolute atomic E-state index is 5.57. The maximum atomic E-state index is 5.57. The van der Waals surface area contributed by atoms with Crippen molar-refractivity contribution in [3.63, 3.8) is 0 Å². The van der Waals surface area contributed by atoms with Crippen molar-refractivity contribution < 1.29 is 4.42 Å². The van der Waals surface area contributed by atoms with Crippen molar-refractivity contribution >= 4 is 0 Å². The molecule has 0 aliphatic rings. The first-order valence-corrected chi connectivity index (χ1v) is 5.68. The molecule has 92 valence electrons. The molecule has 0 radical (unpaired) electrons. The van der Waals surface area contributed by atoms with Crippen LogP contribution < -0.4 is 11.3 Å². The van der Waals surface area contributed by atoms with Crippen LogP contribution in [0.15, 0.2) is 29.1 Å². The predicted molar refractivity (Wildman–Crippen MR) is 65.0 cm³/mol. The molecule has 17 heavy (non-hydrogen) atoms. The van der Waals surface area contributed by atoms with Crippen molar-refractivity contribution in [2.75, 3.05) is 0 Å². The summed E-state index contributed by atoms with van der Waals surface area (Å²) in [5.74, 6) is 6.48. The largest absolute Gasteiger partial charge is 0.467 e. The zero-order valence-electron chi connectivity index (χ0n) is 10.2. The number of hydrogen-bond acceptors (Lipinski definition) is 4. The summed E-state index contributed by atoms with van der Waals surface area (Å²) in [6, 6.07) is 1.99. The lowest BCUT2D eigenvalue weighted by molar-refractivity contribution is 0.398. The number of nitrogens with two attached hydrogens (primary N) is 1. The second-order valence-corrected chi connectivity index (χ2v) is 4.25. The van der Waals surface area contributed by atoms with E-state index in [-0.39, 0.29) is 6.04 Å². The number of furan rings is 1. The van der Waals surface area contributed by atoms with Crippen LogP contribution in [0.1, 0.15) is 29.3 Å². The van der Waals surface area contributed by atoms with Gasteiger partial charge in [-0.05, 0) is 37.0 Å². The Morgan fingerprint density at radius 2 is 2.41 bits per heavy atom. The van der Waals surface area contributed by atoms with Gasteiger partial charge in [-0.1, -0.05) is 0 Å². The second-order valence-electron chi connectivity index (χ2n) is 4.25. The molecule has 0 amide bonds. The van der Waals surface area contributed by atoms with E-state index in [1.165, 1.54) is 5.56 Å². The fourth-order valence-corrected chi connectivity index (χ4v) is 1.94. The molecule has 2 aromatic heterocycles. The molecule has 1 atom stereocenters. The first-order valence-electron chi connectivity index (χ1n) is 5.68. The summed E-state index contributed by atoms with van der Waals surface area (Å²) in [5.41, 5.74) is 5.13. The Morgan fingerprint density at radius 3 is 2.94 bits per heavy atom. The number of aromatic nitrogens is 2. The van der Waals surface area contributed by atoms with E-state index >= 15 is 0 Å². The minimum absolute atomic E-state index is 0.0465. The number of nitrogens with one attached hydrogen (secondary N) is 1. The molecule has 1 unspecified atom stereocenters. The van der Waals surface area contributed by atoms with Crippen LogP contribution in [0.4, 0.5) is 0 Å². The van der Waals surface area contributed by atoms with Gasteiger partial charge in [0.15, 0.2) is 0 Å². The summed E-state index contributed by atoms with van der Waals surface area (Å²) >= 11 is 0. The number of aryl methyl sites for hydroxylation is 3. The Kier molecular flexibility index (Phi) is 3.61. The Hall–Kier alpha value is -1.59. The number of hydrogen-bond donors (Lipinski definition) is 2. The number of rotatable bonds is 5. The molecule has 2 aromatic rings. The van der Waals surface area contributed by atoms with Crippen molar-refractivity contribution in [2.24, 2.45) is 12.9 Å². The van der Waals surface area contributed by atoms with Crippen LogP contribution in [0.2, 0.25) is 0 Å². The van der Waals surface area contributed by atoms with Crippen molar-refractivity contribution in [2.45, 2.75) is 25.8 Å². The highest BCUT2D eigenvalue weighted by atomic mass is 16.3. The summed E-state index contributed by atoms with van der Waals surface area (Å²) < 4.78 is 7.25. The lowest BCUT2D eigenvalue weighted by Gasteiger charge is -2.13. The maximum Gasteiger partial charge on any atom is 0.124 e. The molecule has 5 nitrogen and oxygen atoms in total. The van der Waals surface area contributed by atoms with E-state index in [1.54, 1.807) is 10.9 Å². The summed E-state index contributed by atoms with van der Waals surface area (Å²) in [6.45, 7) is 2.02. The van der Waals surface area contributed by atoms with E-state index in [0.29, 0.717) is 0 Å². The number of hydrazine groups is 1. The molecule has 2 rings (SSSR count). The molecule has 0 saturated carbocycles. The minimum Gasteiger partial charge on any atom is -0.467 e. The van der Waals surface area contributed by atoms with Gasteiger partial charge in [0, 0.05) is 13.2 Å². The van der Waals surface area contributed by atoms with Gasteiger partial charge < -0.3 is 4.42 Å². The molecule has 0 spiro atoms. The molecule has 0 fully saturated rings. The van der Waals surface area contributed by atoms with Gasteiger partial charge in [0.2, 0.25) is 0 Å². The SMILES string of the molecule is Cc1ccoc1C(CCc1cnn(C)c1)NN. The molecule has 0 bridgehead atoms. The van der Waals surface area contributed by atoms with Crippen LogP contribution in [0.5, 0.6) is 0 Å². The number of nitrogens with zero attached hydrogens (tertiary/aromatic N) is 2. The summed E-state index contributed by atoms with van der Waals surface area (Å²) in [6.07, 6.45) is 7.39. The third kappa shape index (κ3) is 2.75. The van der Waals surface area contributed by atoms with Gasteiger partial charge in [0.1, 0.15) is 5.76 Å². The highest BCUT2D eigenvalue weighted by molar-refractivity contribution is 5.18. The Labute approximate surface area is 101 Å². The van der Waals surface area contributed by atoms with Crippen molar-refractivity contribution in [1.29, 1.82) is 0 Å². The smallest absolute Gasteiger partial charge is 0.124 e. The molecule has 0 aliphatic heterocycles. The summed E-state index contributed by atoms with van der Waals surface area (Å²) in [7, 11) is 1.92. The van der Waals surface area contributed by atoms with Crippen LogP contribution in [0, 0.1) is 6.92 Å². The van der Waals surface area contributed by atoms with Gasteiger partial charge in [0.05, 0.1) is 18.5 Å². The monoisotopic (exact) mass is 234 g/mol. The van der Waals surface area contributed by atoms with Crippen LogP contribution >= 0.6 is 0 Å². The van der Waals surface area contributed by atoms with Gasteiger partial charge in [-0.15, -0.1) is 0 Å². The lowest BCUT2D eigenvalue weighted by atomic mass is 10.0.